The zero-order valence-corrected chi connectivity index (χ0v) is 11.4. The van der Waals surface area contributed by atoms with E-state index in [1.54, 1.807) is 0 Å². The van der Waals surface area contributed by atoms with Gasteiger partial charge in [-0.15, -0.1) is 0 Å². The van der Waals surface area contributed by atoms with Gasteiger partial charge in [0.05, 0.1) is 0 Å². The minimum atomic E-state index is -0.129. The number of nitrogens with one attached hydrogen (secondary N) is 1. The van der Waals surface area contributed by atoms with Gasteiger partial charge in [0.1, 0.15) is 6.61 Å². The van der Waals surface area contributed by atoms with Crippen molar-refractivity contribution in [3.63, 3.8) is 0 Å². The molecule has 1 rings (SSSR count). The lowest BCUT2D eigenvalue weighted by molar-refractivity contribution is -0.121. The molecule has 0 unspecified atom stereocenters. The fraction of sp³-hybridized carbons (Fsp3) is 0.438. The number of rotatable bonds is 6. The largest absolute Gasteiger partial charge is 0.384 e. The fourth-order valence-corrected chi connectivity index (χ4v) is 1.67. The molecule has 1 aromatic rings. The molecule has 0 heterocycles. The van der Waals surface area contributed by atoms with E-state index in [1.165, 1.54) is 0 Å². The van der Waals surface area contributed by atoms with Crippen LogP contribution in [-0.4, -0.2) is 17.6 Å². The van der Waals surface area contributed by atoms with Gasteiger partial charge in [-0.1, -0.05) is 43.7 Å². The van der Waals surface area contributed by atoms with Crippen LogP contribution in [0.2, 0.25) is 0 Å². The second-order valence-corrected chi connectivity index (χ2v) is 4.39. The summed E-state index contributed by atoms with van der Waals surface area (Å²) in [6.07, 6.45) is 3.79. The normalized spacial score (nSPS) is 9.58. The Bertz CT molecular complexity index is 440. The maximum absolute atomic E-state index is 11.5. The van der Waals surface area contributed by atoms with Crippen molar-refractivity contribution in [1.29, 1.82) is 0 Å². The molecule has 0 saturated carbocycles. The SMILES string of the molecule is CCCCCC(=O)NCc1ccc(C#CCO)cc1. The third-order valence-corrected chi connectivity index (χ3v) is 2.76. The molecule has 0 spiro atoms. The van der Waals surface area contributed by atoms with Crippen LogP contribution < -0.4 is 5.32 Å². The Labute approximate surface area is 115 Å². The molecule has 3 nitrogen and oxygen atoms in total. The van der Waals surface area contributed by atoms with Crippen LogP contribution >= 0.6 is 0 Å². The molecule has 102 valence electrons. The van der Waals surface area contributed by atoms with Crippen LogP contribution in [-0.2, 0) is 11.3 Å². The van der Waals surface area contributed by atoms with Crippen LogP contribution in [0.25, 0.3) is 0 Å². The van der Waals surface area contributed by atoms with E-state index in [0.717, 1.165) is 30.4 Å². The van der Waals surface area contributed by atoms with Gasteiger partial charge in [0, 0.05) is 18.5 Å². The number of carbonyl (C=O) groups is 1. The second kappa shape index (κ2) is 9.18. The number of unbranched alkanes of at least 4 members (excludes halogenated alkanes) is 2. The van der Waals surface area contributed by atoms with Crippen LogP contribution in [0.1, 0.15) is 43.7 Å². The molecule has 0 aromatic heterocycles. The molecule has 0 aliphatic rings. The molecule has 0 atom stereocenters. The molecule has 0 fully saturated rings. The van der Waals surface area contributed by atoms with Crippen molar-refractivity contribution in [1.82, 2.24) is 5.32 Å². The standard InChI is InChI=1S/C16H21NO2/c1-2-3-4-7-16(19)17-13-15-10-8-14(9-11-15)6-5-12-18/h8-11,18H,2-4,7,12-13H2,1H3,(H,17,19). The van der Waals surface area contributed by atoms with E-state index < -0.39 is 0 Å². The number of hydrogen-bond acceptors (Lipinski definition) is 2. The number of benzene rings is 1. The van der Waals surface area contributed by atoms with Crippen LogP contribution in [0, 0.1) is 11.8 Å². The Morgan fingerprint density at radius 1 is 1.26 bits per heavy atom. The number of aliphatic hydroxyl groups excluding tert-OH is 1. The summed E-state index contributed by atoms with van der Waals surface area (Å²) < 4.78 is 0. The number of amides is 1. The van der Waals surface area contributed by atoms with E-state index in [1.807, 2.05) is 24.3 Å². The van der Waals surface area contributed by atoms with E-state index in [-0.39, 0.29) is 12.5 Å². The van der Waals surface area contributed by atoms with Crippen molar-refractivity contribution in [3.8, 4) is 11.8 Å². The maximum atomic E-state index is 11.5. The average Bonchev–Trinajstić information content (AvgIpc) is 2.44. The molecule has 3 heteroatoms. The van der Waals surface area contributed by atoms with Gasteiger partial charge in [-0.2, -0.15) is 0 Å². The fourth-order valence-electron chi connectivity index (χ4n) is 1.67. The van der Waals surface area contributed by atoms with E-state index in [0.29, 0.717) is 13.0 Å². The van der Waals surface area contributed by atoms with E-state index in [9.17, 15) is 4.79 Å². The Balaban J connectivity index is 2.35. The summed E-state index contributed by atoms with van der Waals surface area (Å²) >= 11 is 0. The van der Waals surface area contributed by atoms with Crippen molar-refractivity contribution in [3.05, 3.63) is 35.4 Å². The van der Waals surface area contributed by atoms with Gasteiger partial charge in [-0.3, -0.25) is 4.79 Å². The van der Waals surface area contributed by atoms with Gasteiger partial charge < -0.3 is 10.4 Å². The van der Waals surface area contributed by atoms with E-state index in [2.05, 4.69) is 24.1 Å². The molecule has 0 aliphatic heterocycles. The molecule has 0 aliphatic carbocycles. The van der Waals surface area contributed by atoms with Crippen LogP contribution in [0.15, 0.2) is 24.3 Å². The summed E-state index contributed by atoms with van der Waals surface area (Å²) in [6, 6.07) is 7.66. The first-order valence-corrected chi connectivity index (χ1v) is 6.71. The Morgan fingerprint density at radius 3 is 2.63 bits per heavy atom. The highest BCUT2D eigenvalue weighted by Gasteiger charge is 2.00. The highest BCUT2D eigenvalue weighted by atomic mass is 16.2. The summed E-state index contributed by atoms with van der Waals surface area (Å²) in [5, 5.41) is 11.5. The molecule has 2 N–H and O–H groups in total. The zero-order valence-electron chi connectivity index (χ0n) is 11.4. The summed E-state index contributed by atoms with van der Waals surface area (Å²) in [5.41, 5.74) is 1.92. The highest BCUT2D eigenvalue weighted by Crippen LogP contribution is 2.04. The quantitative estimate of drug-likeness (QED) is 0.608. The summed E-state index contributed by atoms with van der Waals surface area (Å²) in [5.74, 6) is 5.54. The molecule has 1 aromatic carbocycles. The number of hydrogen-bond donors (Lipinski definition) is 2. The van der Waals surface area contributed by atoms with Crippen molar-refractivity contribution < 1.29 is 9.90 Å². The smallest absolute Gasteiger partial charge is 0.220 e. The molecule has 0 radical (unpaired) electrons. The molecule has 0 saturated heterocycles. The van der Waals surface area contributed by atoms with Crippen LogP contribution in [0.5, 0.6) is 0 Å². The topological polar surface area (TPSA) is 49.3 Å². The minimum absolute atomic E-state index is 0.109. The van der Waals surface area contributed by atoms with Gasteiger partial charge in [0.25, 0.3) is 0 Å². The second-order valence-electron chi connectivity index (χ2n) is 4.39. The predicted octanol–water partition coefficient (Wildman–Crippen LogP) is 2.23. The van der Waals surface area contributed by atoms with Crippen molar-refractivity contribution >= 4 is 5.91 Å². The Morgan fingerprint density at radius 2 is 2.00 bits per heavy atom. The number of aliphatic hydroxyl groups is 1. The molecule has 0 bridgehead atoms. The molecular weight excluding hydrogens is 238 g/mol. The lowest BCUT2D eigenvalue weighted by atomic mass is 10.1. The first-order chi connectivity index (χ1) is 9.26. The third-order valence-electron chi connectivity index (χ3n) is 2.76. The Hall–Kier alpha value is -1.79. The first kappa shape index (κ1) is 15.3. The molecule has 1 amide bonds. The Kier molecular flexibility index (Phi) is 7.38. The van der Waals surface area contributed by atoms with Gasteiger partial charge in [0.2, 0.25) is 5.91 Å². The summed E-state index contributed by atoms with van der Waals surface area (Å²) in [7, 11) is 0. The van der Waals surface area contributed by atoms with Crippen LogP contribution in [0.4, 0.5) is 0 Å². The van der Waals surface area contributed by atoms with Gasteiger partial charge in [-0.05, 0) is 24.1 Å². The summed E-state index contributed by atoms with van der Waals surface area (Å²) in [4.78, 5) is 11.5. The minimum Gasteiger partial charge on any atom is -0.384 e. The first-order valence-electron chi connectivity index (χ1n) is 6.71. The monoisotopic (exact) mass is 259 g/mol. The maximum Gasteiger partial charge on any atom is 0.220 e. The number of carbonyl (C=O) groups excluding carboxylic acids is 1. The average molecular weight is 259 g/mol. The highest BCUT2D eigenvalue weighted by molar-refractivity contribution is 5.75. The van der Waals surface area contributed by atoms with Gasteiger partial charge in [-0.25, -0.2) is 0 Å². The van der Waals surface area contributed by atoms with Crippen molar-refractivity contribution in [2.75, 3.05) is 6.61 Å². The lowest BCUT2D eigenvalue weighted by Gasteiger charge is -2.05. The summed E-state index contributed by atoms with van der Waals surface area (Å²) in [6.45, 7) is 2.55. The van der Waals surface area contributed by atoms with Crippen molar-refractivity contribution in [2.24, 2.45) is 0 Å². The predicted molar refractivity (Wildman–Crippen MR) is 76.4 cm³/mol. The molecular formula is C16H21NO2. The van der Waals surface area contributed by atoms with Crippen LogP contribution in [0.3, 0.4) is 0 Å². The third kappa shape index (κ3) is 6.64. The zero-order chi connectivity index (χ0) is 13.9. The van der Waals surface area contributed by atoms with Gasteiger partial charge >= 0.3 is 0 Å². The lowest BCUT2D eigenvalue weighted by Crippen LogP contribution is -2.22. The van der Waals surface area contributed by atoms with Gasteiger partial charge in [0.15, 0.2) is 0 Å². The van der Waals surface area contributed by atoms with E-state index in [4.69, 9.17) is 5.11 Å². The van der Waals surface area contributed by atoms with Crippen molar-refractivity contribution in [2.45, 2.75) is 39.2 Å². The molecule has 19 heavy (non-hydrogen) atoms. The van der Waals surface area contributed by atoms with E-state index >= 15 is 0 Å².